The highest BCUT2D eigenvalue weighted by Crippen LogP contribution is 2.26. The van der Waals surface area contributed by atoms with Crippen LogP contribution in [-0.4, -0.2) is 54.9 Å². The summed E-state index contributed by atoms with van der Waals surface area (Å²) in [6.07, 6.45) is 1.45. The maximum absolute atomic E-state index is 12.5. The van der Waals surface area contributed by atoms with Gasteiger partial charge in [0.05, 0.1) is 6.42 Å². The van der Waals surface area contributed by atoms with E-state index in [4.69, 9.17) is 0 Å². The monoisotopic (exact) mass is 301 g/mol. The molecule has 0 spiro atoms. The minimum atomic E-state index is 0.174. The molecular weight excluding hydrogens is 274 g/mol. The van der Waals surface area contributed by atoms with E-state index in [-0.39, 0.29) is 5.91 Å². The number of hydrogen-bond acceptors (Lipinski definition) is 2. The summed E-state index contributed by atoms with van der Waals surface area (Å²) in [4.78, 5) is 19.8. The summed E-state index contributed by atoms with van der Waals surface area (Å²) in [5.74, 6) is 0.174. The van der Waals surface area contributed by atoms with Crippen molar-refractivity contribution in [3.8, 4) is 0 Å². The number of aromatic nitrogens is 1. The van der Waals surface area contributed by atoms with Crippen molar-refractivity contribution in [3.05, 3.63) is 35.0 Å². The first-order chi connectivity index (χ1) is 10.4. The van der Waals surface area contributed by atoms with Crippen LogP contribution in [0, 0.1) is 6.92 Å². The maximum Gasteiger partial charge on any atom is 0.226 e. The van der Waals surface area contributed by atoms with Gasteiger partial charge >= 0.3 is 0 Å². The van der Waals surface area contributed by atoms with Crippen LogP contribution in [0.15, 0.2) is 18.2 Å². The third kappa shape index (κ3) is 3.50. The summed E-state index contributed by atoms with van der Waals surface area (Å²) >= 11 is 0. The summed E-state index contributed by atoms with van der Waals surface area (Å²) in [6, 6.07) is 6.34. The normalized spacial score (nSPS) is 11.4. The second-order valence-electron chi connectivity index (χ2n) is 6.22. The van der Waals surface area contributed by atoms with Crippen molar-refractivity contribution >= 4 is 16.8 Å². The molecule has 22 heavy (non-hydrogen) atoms. The highest BCUT2D eigenvalue weighted by atomic mass is 16.2. The zero-order valence-corrected chi connectivity index (χ0v) is 14.4. The lowest BCUT2D eigenvalue weighted by Crippen LogP contribution is -2.34. The quantitative estimate of drug-likeness (QED) is 0.891. The van der Waals surface area contributed by atoms with Gasteiger partial charge in [-0.25, -0.2) is 0 Å². The minimum absolute atomic E-state index is 0.174. The first kappa shape index (κ1) is 16.6. The van der Waals surface area contributed by atoms with Crippen molar-refractivity contribution in [2.75, 3.05) is 34.2 Å². The lowest BCUT2D eigenvalue weighted by Gasteiger charge is -2.19. The molecule has 1 N–H and O–H groups in total. The summed E-state index contributed by atoms with van der Waals surface area (Å²) in [5, 5.41) is 1.19. The van der Waals surface area contributed by atoms with Crippen LogP contribution in [0.25, 0.3) is 10.9 Å². The highest BCUT2D eigenvalue weighted by Gasteiger charge is 2.16. The molecule has 0 saturated heterocycles. The molecule has 0 aliphatic heterocycles. The van der Waals surface area contributed by atoms with E-state index in [0.29, 0.717) is 6.42 Å². The molecule has 0 aliphatic carbocycles. The largest absolute Gasteiger partial charge is 0.358 e. The molecule has 4 heteroatoms. The second-order valence-corrected chi connectivity index (χ2v) is 6.22. The van der Waals surface area contributed by atoms with Crippen molar-refractivity contribution < 1.29 is 4.79 Å². The van der Waals surface area contributed by atoms with E-state index in [2.05, 4.69) is 41.9 Å². The summed E-state index contributed by atoms with van der Waals surface area (Å²) in [6.45, 7) is 5.86. The Bertz CT molecular complexity index is 658. The third-order valence-corrected chi connectivity index (χ3v) is 4.26. The summed E-state index contributed by atoms with van der Waals surface area (Å²) in [5.41, 5.74) is 4.72. The van der Waals surface area contributed by atoms with Crippen LogP contribution >= 0.6 is 0 Å². The second kappa shape index (κ2) is 6.97. The molecule has 0 unspecified atom stereocenters. The van der Waals surface area contributed by atoms with E-state index in [1.165, 1.54) is 16.5 Å². The number of para-hydroxylation sites is 1. The molecule has 120 valence electrons. The molecular formula is C18H27N3O. The molecule has 2 rings (SSSR count). The van der Waals surface area contributed by atoms with Gasteiger partial charge in [-0.1, -0.05) is 25.1 Å². The van der Waals surface area contributed by atoms with E-state index in [1.807, 2.05) is 26.0 Å². The number of aromatic amines is 1. The van der Waals surface area contributed by atoms with Gasteiger partial charge in [0.25, 0.3) is 0 Å². The van der Waals surface area contributed by atoms with E-state index in [0.717, 1.165) is 30.8 Å². The number of amides is 1. The van der Waals surface area contributed by atoms with Crippen LogP contribution in [0.5, 0.6) is 0 Å². The SMILES string of the molecule is CCc1cccc2c(CC(=O)N(C)CCN(C)C)c(C)[nH]c12. The van der Waals surface area contributed by atoms with Crippen LogP contribution < -0.4 is 0 Å². The van der Waals surface area contributed by atoms with Crippen molar-refractivity contribution in [1.82, 2.24) is 14.8 Å². The molecule has 0 radical (unpaired) electrons. The molecule has 2 aromatic rings. The molecule has 1 aromatic carbocycles. The van der Waals surface area contributed by atoms with Crippen LogP contribution in [-0.2, 0) is 17.6 Å². The fraction of sp³-hybridized carbons (Fsp3) is 0.500. The van der Waals surface area contributed by atoms with E-state index in [1.54, 1.807) is 0 Å². The number of rotatable bonds is 6. The van der Waals surface area contributed by atoms with Gasteiger partial charge in [0.2, 0.25) is 5.91 Å². The van der Waals surface area contributed by atoms with Crippen molar-refractivity contribution in [1.29, 1.82) is 0 Å². The minimum Gasteiger partial charge on any atom is -0.358 e. The summed E-state index contributed by atoms with van der Waals surface area (Å²) < 4.78 is 0. The van der Waals surface area contributed by atoms with Gasteiger partial charge in [-0.2, -0.15) is 0 Å². The van der Waals surface area contributed by atoms with Crippen LogP contribution in [0.4, 0.5) is 0 Å². The number of benzene rings is 1. The van der Waals surface area contributed by atoms with Crippen LogP contribution in [0.2, 0.25) is 0 Å². The Morgan fingerprint density at radius 1 is 1.18 bits per heavy atom. The number of nitrogens with one attached hydrogen (secondary N) is 1. The fourth-order valence-corrected chi connectivity index (χ4v) is 2.75. The number of aryl methyl sites for hydroxylation is 2. The average Bonchev–Trinajstić information content (AvgIpc) is 2.80. The Morgan fingerprint density at radius 3 is 2.55 bits per heavy atom. The Kier molecular flexibility index (Phi) is 5.24. The van der Waals surface area contributed by atoms with E-state index >= 15 is 0 Å². The zero-order valence-electron chi connectivity index (χ0n) is 14.4. The van der Waals surface area contributed by atoms with Crippen molar-refractivity contribution in [2.24, 2.45) is 0 Å². The lowest BCUT2D eigenvalue weighted by atomic mass is 10.0. The number of H-pyrrole nitrogens is 1. The molecule has 0 saturated carbocycles. The van der Waals surface area contributed by atoms with Gasteiger partial charge in [0.1, 0.15) is 0 Å². The Hall–Kier alpha value is -1.81. The number of nitrogens with zero attached hydrogens (tertiary/aromatic N) is 2. The molecule has 1 heterocycles. The van der Waals surface area contributed by atoms with E-state index in [9.17, 15) is 4.79 Å². The van der Waals surface area contributed by atoms with Gasteiger partial charge in [0, 0.05) is 36.7 Å². The predicted molar refractivity (Wildman–Crippen MR) is 92.3 cm³/mol. The maximum atomic E-state index is 12.5. The number of hydrogen-bond donors (Lipinski definition) is 1. The smallest absolute Gasteiger partial charge is 0.226 e. The van der Waals surface area contributed by atoms with Crippen molar-refractivity contribution in [2.45, 2.75) is 26.7 Å². The zero-order chi connectivity index (χ0) is 16.3. The van der Waals surface area contributed by atoms with Crippen molar-refractivity contribution in [3.63, 3.8) is 0 Å². The standard InChI is InChI=1S/C18H27N3O/c1-6-14-8-7-9-15-16(13(2)19-18(14)15)12-17(22)21(5)11-10-20(3)4/h7-9,19H,6,10-12H2,1-5H3. The average molecular weight is 301 g/mol. The Morgan fingerprint density at radius 2 is 1.91 bits per heavy atom. The molecule has 0 fully saturated rings. The number of likely N-dealkylation sites (N-methyl/N-ethyl adjacent to an activating group) is 2. The van der Waals surface area contributed by atoms with Gasteiger partial charge in [-0.15, -0.1) is 0 Å². The number of carbonyl (C=O) groups excluding carboxylic acids is 1. The van der Waals surface area contributed by atoms with Crippen LogP contribution in [0.3, 0.4) is 0 Å². The first-order valence-corrected chi connectivity index (χ1v) is 7.91. The molecule has 4 nitrogen and oxygen atoms in total. The topological polar surface area (TPSA) is 39.3 Å². The highest BCUT2D eigenvalue weighted by molar-refractivity contribution is 5.91. The third-order valence-electron chi connectivity index (χ3n) is 4.26. The van der Waals surface area contributed by atoms with Crippen LogP contribution in [0.1, 0.15) is 23.7 Å². The number of fused-ring (bicyclic) bond motifs is 1. The Balaban J connectivity index is 2.21. The van der Waals surface area contributed by atoms with Gasteiger partial charge in [0.15, 0.2) is 0 Å². The molecule has 1 aromatic heterocycles. The predicted octanol–water partition coefficient (Wildman–Crippen LogP) is 2.60. The molecule has 0 aliphatic rings. The molecule has 0 atom stereocenters. The first-order valence-electron chi connectivity index (χ1n) is 7.91. The molecule has 0 bridgehead atoms. The van der Waals surface area contributed by atoms with Gasteiger partial charge in [-0.3, -0.25) is 4.79 Å². The van der Waals surface area contributed by atoms with Gasteiger partial charge in [-0.05, 0) is 38.6 Å². The van der Waals surface area contributed by atoms with E-state index < -0.39 is 0 Å². The Labute approximate surface area is 133 Å². The number of carbonyl (C=O) groups is 1. The summed E-state index contributed by atoms with van der Waals surface area (Å²) in [7, 11) is 5.93. The van der Waals surface area contributed by atoms with Gasteiger partial charge < -0.3 is 14.8 Å². The molecule has 1 amide bonds. The lowest BCUT2D eigenvalue weighted by molar-refractivity contribution is -0.129. The fourth-order valence-electron chi connectivity index (χ4n) is 2.75.